The van der Waals surface area contributed by atoms with Crippen LogP contribution < -0.4 is 4.90 Å². The fourth-order valence-corrected chi connectivity index (χ4v) is 6.06. The van der Waals surface area contributed by atoms with Crippen molar-refractivity contribution in [1.29, 1.82) is 0 Å². The van der Waals surface area contributed by atoms with Crippen LogP contribution in [0.25, 0.3) is 0 Å². The first-order chi connectivity index (χ1) is 13.1. The molecule has 4 rings (SSSR count). The molecule has 2 aromatic rings. The Morgan fingerprint density at radius 2 is 1.89 bits per heavy atom. The molecular formula is C23H30N2O2S. The van der Waals surface area contributed by atoms with E-state index in [0.29, 0.717) is 5.92 Å². The molecule has 0 spiro atoms. The summed E-state index contributed by atoms with van der Waals surface area (Å²) in [7, 11) is 0. The minimum atomic E-state index is -0.931. The van der Waals surface area contributed by atoms with Crippen LogP contribution in [0.1, 0.15) is 79.7 Å². The molecular weight excluding hydrogens is 368 g/mol. The highest BCUT2D eigenvalue weighted by molar-refractivity contribution is 7.16. The zero-order valence-corrected chi connectivity index (χ0v) is 18.3. The molecule has 1 N–H and O–H groups in total. The topological polar surface area (TPSA) is 53.4 Å². The first kappa shape index (κ1) is 19.4. The molecule has 0 amide bonds. The molecule has 0 bridgehead atoms. The number of thiophene rings is 1. The Balaban J connectivity index is 1.81. The number of carboxylic acid groups (broad SMARTS) is 1. The van der Waals surface area contributed by atoms with Gasteiger partial charge in [0, 0.05) is 17.6 Å². The van der Waals surface area contributed by atoms with Crippen LogP contribution in [-0.4, -0.2) is 22.6 Å². The number of anilines is 2. The molecule has 2 aliphatic carbocycles. The number of hydrogen-bond donors (Lipinski definition) is 1. The Bertz CT molecular complexity index is 907. The number of aromatic nitrogens is 1. The number of fused-ring (bicyclic) bond motifs is 1. The predicted octanol–water partition coefficient (Wildman–Crippen LogP) is 6.05. The van der Waals surface area contributed by atoms with Gasteiger partial charge in [0.1, 0.15) is 10.8 Å². The Kier molecular flexibility index (Phi) is 4.57. The van der Waals surface area contributed by atoms with Crippen LogP contribution in [0, 0.1) is 12.8 Å². The Hall–Kier alpha value is -1.88. The monoisotopic (exact) mass is 398 g/mol. The molecule has 2 aromatic heterocycles. The average molecular weight is 399 g/mol. The highest BCUT2D eigenvalue weighted by Crippen LogP contribution is 2.54. The highest BCUT2D eigenvalue weighted by atomic mass is 32.1. The van der Waals surface area contributed by atoms with Crippen molar-refractivity contribution in [2.24, 2.45) is 5.92 Å². The van der Waals surface area contributed by atoms with E-state index >= 15 is 0 Å². The molecule has 2 aliphatic rings. The van der Waals surface area contributed by atoms with Gasteiger partial charge in [0.2, 0.25) is 0 Å². The second-order valence-corrected chi connectivity index (χ2v) is 10.8. The van der Waals surface area contributed by atoms with Gasteiger partial charge in [0.25, 0.3) is 0 Å². The molecule has 150 valence electrons. The van der Waals surface area contributed by atoms with Gasteiger partial charge >= 0.3 is 5.97 Å². The van der Waals surface area contributed by atoms with E-state index in [1.807, 2.05) is 17.4 Å². The number of carbonyl (C=O) groups is 1. The van der Waals surface area contributed by atoms with E-state index in [1.165, 1.54) is 52.9 Å². The third-order valence-corrected chi connectivity index (χ3v) is 8.12. The quantitative estimate of drug-likeness (QED) is 0.666. The summed E-state index contributed by atoms with van der Waals surface area (Å²) in [5, 5.41) is 10.5. The van der Waals surface area contributed by atoms with Crippen molar-refractivity contribution in [3.05, 3.63) is 39.9 Å². The molecule has 1 fully saturated rings. The van der Waals surface area contributed by atoms with Gasteiger partial charge in [-0.15, -0.1) is 11.3 Å². The summed E-state index contributed by atoms with van der Waals surface area (Å²) in [5.41, 5.74) is 3.52. The van der Waals surface area contributed by atoms with Crippen molar-refractivity contribution in [3.8, 4) is 0 Å². The third-order valence-electron chi connectivity index (χ3n) is 6.44. The molecule has 0 aliphatic heterocycles. The first-order valence-electron chi connectivity index (χ1n) is 10.2. The van der Waals surface area contributed by atoms with Gasteiger partial charge in [-0.05, 0) is 72.6 Å². The molecule has 4 nitrogen and oxygen atoms in total. The first-order valence-corrected chi connectivity index (χ1v) is 11.0. The number of pyridine rings is 1. The van der Waals surface area contributed by atoms with E-state index in [-0.39, 0.29) is 16.4 Å². The van der Waals surface area contributed by atoms with Gasteiger partial charge in [-0.3, -0.25) is 0 Å². The Morgan fingerprint density at radius 3 is 2.43 bits per heavy atom. The number of carboxylic acids is 1. The summed E-state index contributed by atoms with van der Waals surface area (Å²) in [6, 6.07) is 3.53. The van der Waals surface area contributed by atoms with Crippen LogP contribution in [0.5, 0.6) is 0 Å². The smallest absolute Gasteiger partial charge is 0.337 e. The molecule has 1 saturated carbocycles. The van der Waals surface area contributed by atoms with Crippen LogP contribution in [-0.2, 0) is 10.8 Å². The van der Waals surface area contributed by atoms with E-state index in [1.54, 1.807) is 6.07 Å². The van der Waals surface area contributed by atoms with Crippen molar-refractivity contribution in [3.63, 3.8) is 0 Å². The number of aromatic carboxylic acids is 1. The minimum Gasteiger partial charge on any atom is -0.478 e. The summed E-state index contributed by atoms with van der Waals surface area (Å²) < 4.78 is 0. The lowest BCUT2D eigenvalue weighted by atomic mass is 9.66. The van der Waals surface area contributed by atoms with Crippen molar-refractivity contribution in [2.45, 2.75) is 71.1 Å². The lowest BCUT2D eigenvalue weighted by molar-refractivity contribution is 0.0696. The van der Waals surface area contributed by atoms with Crippen molar-refractivity contribution in [2.75, 3.05) is 11.4 Å². The lowest BCUT2D eigenvalue weighted by Crippen LogP contribution is -2.32. The van der Waals surface area contributed by atoms with E-state index in [4.69, 9.17) is 0 Å². The van der Waals surface area contributed by atoms with Gasteiger partial charge in [-0.25, -0.2) is 9.78 Å². The maximum atomic E-state index is 11.2. The molecule has 2 heterocycles. The summed E-state index contributed by atoms with van der Waals surface area (Å²) in [6.07, 6.45) is 6.43. The van der Waals surface area contributed by atoms with Crippen LogP contribution >= 0.6 is 11.3 Å². The zero-order valence-electron chi connectivity index (χ0n) is 17.5. The highest BCUT2D eigenvalue weighted by Gasteiger charge is 2.42. The van der Waals surface area contributed by atoms with Crippen LogP contribution in [0.4, 0.5) is 10.8 Å². The second-order valence-electron chi connectivity index (χ2n) is 9.77. The Labute approximate surface area is 171 Å². The fraction of sp³-hybridized carbons (Fsp3) is 0.565. The van der Waals surface area contributed by atoms with Crippen molar-refractivity contribution >= 4 is 28.1 Å². The summed E-state index contributed by atoms with van der Waals surface area (Å²) >= 11 is 1.92. The van der Waals surface area contributed by atoms with Gasteiger partial charge < -0.3 is 10.0 Å². The molecule has 0 aromatic carbocycles. The Morgan fingerprint density at radius 1 is 1.21 bits per heavy atom. The van der Waals surface area contributed by atoms with Gasteiger partial charge in [0.15, 0.2) is 0 Å². The zero-order chi connectivity index (χ0) is 20.3. The number of rotatable bonds is 5. The van der Waals surface area contributed by atoms with Crippen LogP contribution in [0.2, 0.25) is 0 Å². The molecule has 28 heavy (non-hydrogen) atoms. The molecule has 0 atom stereocenters. The minimum absolute atomic E-state index is 0.190. The van der Waals surface area contributed by atoms with Crippen molar-refractivity contribution in [1.82, 2.24) is 4.98 Å². The number of nitrogens with zero attached hydrogens (tertiary/aromatic N) is 2. The van der Waals surface area contributed by atoms with E-state index in [2.05, 4.69) is 44.5 Å². The standard InChI is InChI=1S/C23H30N2O2S/c1-14-18-19(23(4,5)11-10-22(18,2)3)28-20(14)25(13-15-6-7-15)17-9-8-16(12-24-17)21(26)27/h8-9,12,15H,6-7,10-11,13H2,1-5H3,(H,26,27). The lowest BCUT2D eigenvalue weighted by Gasteiger charge is -2.39. The molecule has 0 radical (unpaired) electrons. The van der Waals surface area contributed by atoms with Gasteiger partial charge in [-0.2, -0.15) is 0 Å². The SMILES string of the molecule is Cc1c(N(CC2CC2)c2ccc(C(=O)O)cn2)sc2c1C(C)(C)CCC2(C)C. The van der Waals surface area contributed by atoms with Crippen LogP contribution in [0.3, 0.4) is 0 Å². The van der Waals surface area contributed by atoms with Gasteiger partial charge in [-0.1, -0.05) is 27.7 Å². The summed E-state index contributed by atoms with van der Waals surface area (Å²) in [6.45, 7) is 12.7. The molecule has 5 heteroatoms. The molecule has 0 unspecified atom stereocenters. The maximum Gasteiger partial charge on any atom is 0.337 e. The second kappa shape index (κ2) is 6.58. The third kappa shape index (κ3) is 3.34. The largest absolute Gasteiger partial charge is 0.478 e. The molecule has 0 saturated heterocycles. The van der Waals surface area contributed by atoms with E-state index < -0.39 is 5.97 Å². The van der Waals surface area contributed by atoms with E-state index in [0.717, 1.165) is 12.4 Å². The van der Waals surface area contributed by atoms with E-state index in [9.17, 15) is 9.90 Å². The number of hydrogen-bond acceptors (Lipinski definition) is 4. The predicted molar refractivity (Wildman–Crippen MR) is 115 cm³/mol. The van der Waals surface area contributed by atoms with Crippen LogP contribution in [0.15, 0.2) is 18.3 Å². The summed E-state index contributed by atoms with van der Waals surface area (Å²) in [4.78, 5) is 19.6. The van der Waals surface area contributed by atoms with Gasteiger partial charge in [0.05, 0.1) is 5.56 Å². The normalized spacial score (nSPS) is 19.9. The average Bonchev–Trinajstić information content (AvgIpc) is 3.38. The maximum absolute atomic E-state index is 11.2. The summed E-state index contributed by atoms with van der Waals surface area (Å²) in [5.74, 6) is 0.633. The fourth-order valence-electron chi connectivity index (χ4n) is 4.43. The van der Waals surface area contributed by atoms with Crippen molar-refractivity contribution < 1.29 is 9.90 Å².